The van der Waals surface area contributed by atoms with E-state index in [9.17, 15) is 9.59 Å². The number of rotatable bonds is 5. The van der Waals surface area contributed by atoms with Crippen LogP contribution in [0.15, 0.2) is 11.6 Å². The number of amides is 2. The molecule has 0 bridgehead atoms. The van der Waals surface area contributed by atoms with Gasteiger partial charge in [0, 0.05) is 25.2 Å². The molecule has 124 valence electrons. The fourth-order valence-electron chi connectivity index (χ4n) is 3.34. The van der Waals surface area contributed by atoms with Gasteiger partial charge in [-0.2, -0.15) is 0 Å². The number of hydrogen-bond donors (Lipinski definition) is 2. The summed E-state index contributed by atoms with van der Waals surface area (Å²) in [6, 6.07) is -0.0175. The highest BCUT2D eigenvalue weighted by Gasteiger charge is 2.26. The molecular weight excluding hydrogens is 278 g/mol. The molecule has 22 heavy (non-hydrogen) atoms. The van der Waals surface area contributed by atoms with Crippen LogP contribution in [0.3, 0.4) is 0 Å². The molecule has 2 N–H and O–H groups in total. The molecule has 0 saturated carbocycles. The third kappa shape index (κ3) is 4.57. The average Bonchev–Trinajstić information content (AvgIpc) is 3.07. The minimum atomic E-state index is -0.0175. The van der Waals surface area contributed by atoms with Crippen LogP contribution in [-0.2, 0) is 9.59 Å². The number of nitrogens with one attached hydrogen (secondary N) is 2. The van der Waals surface area contributed by atoms with Crippen molar-refractivity contribution in [1.29, 1.82) is 0 Å². The first kappa shape index (κ1) is 17.0. The van der Waals surface area contributed by atoms with Gasteiger partial charge in [0.25, 0.3) is 0 Å². The van der Waals surface area contributed by atoms with Crippen molar-refractivity contribution in [3.63, 3.8) is 0 Å². The van der Waals surface area contributed by atoms with Crippen LogP contribution in [0, 0.1) is 5.92 Å². The minimum absolute atomic E-state index is 0.0175. The van der Waals surface area contributed by atoms with Crippen LogP contribution in [0.2, 0.25) is 0 Å². The van der Waals surface area contributed by atoms with Gasteiger partial charge in [-0.05, 0) is 51.5 Å². The van der Waals surface area contributed by atoms with Gasteiger partial charge in [-0.1, -0.05) is 13.0 Å². The molecule has 2 aliphatic heterocycles. The first-order valence-corrected chi connectivity index (χ1v) is 8.59. The summed E-state index contributed by atoms with van der Waals surface area (Å²) in [4.78, 5) is 26.3. The SMILES string of the molecule is CC/C=C(\C)C(=O)N1CCC[C@H](CNC(=O)[C@@H]2CCCN2)C1. The van der Waals surface area contributed by atoms with Gasteiger partial charge >= 0.3 is 0 Å². The maximum Gasteiger partial charge on any atom is 0.249 e. The molecule has 0 unspecified atom stereocenters. The van der Waals surface area contributed by atoms with Gasteiger partial charge in [-0.15, -0.1) is 0 Å². The molecular formula is C17H29N3O2. The van der Waals surface area contributed by atoms with Gasteiger partial charge in [-0.3, -0.25) is 9.59 Å². The Hall–Kier alpha value is -1.36. The van der Waals surface area contributed by atoms with E-state index in [2.05, 4.69) is 10.6 Å². The highest BCUT2D eigenvalue weighted by molar-refractivity contribution is 5.92. The number of piperidine rings is 1. The number of carbonyl (C=O) groups excluding carboxylic acids is 2. The third-order valence-corrected chi connectivity index (χ3v) is 4.60. The maximum absolute atomic E-state index is 12.3. The fraction of sp³-hybridized carbons (Fsp3) is 0.765. The Balaban J connectivity index is 1.79. The van der Waals surface area contributed by atoms with Gasteiger partial charge in [0.1, 0.15) is 0 Å². The molecule has 2 saturated heterocycles. The molecule has 2 heterocycles. The summed E-state index contributed by atoms with van der Waals surface area (Å²) in [5, 5.41) is 6.27. The Kier molecular flexibility index (Phi) is 6.43. The van der Waals surface area contributed by atoms with E-state index < -0.39 is 0 Å². The Morgan fingerprint density at radius 3 is 2.82 bits per heavy atom. The molecule has 5 nitrogen and oxygen atoms in total. The lowest BCUT2D eigenvalue weighted by atomic mass is 9.97. The highest BCUT2D eigenvalue weighted by atomic mass is 16.2. The van der Waals surface area contributed by atoms with Gasteiger partial charge in [0.05, 0.1) is 6.04 Å². The van der Waals surface area contributed by atoms with Crippen molar-refractivity contribution in [1.82, 2.24) is 15.5 Å². The zero-order chi connectivity index (χ0) is 15.9. The summed E-state index contributed by atoms with van der Waals surface area (Å²) in [5.74, 6) is 0.635. The van der Waals surface area contributed by atoms with Crippen LogP contribution in [0.25, 0.3) is 0 Å². The van der Waals surface area contributed by atoms with Crippen LogP contribution < -0.4 is 10.6 Å². The van der Waals surface area contributed by atoms with E-state index in [1.54, 1.807) is 0 Å². The molecule has 2 aliphatic rings. The Labute approximate surface area is 133 Å². The molecule has 0 spiro atoms. The van der Waals surface area contributed by atoms with Crippen molar-refractivity contribution in [2.75, 3.05) is 26.2 Å². The zero-order valence-electron chi connectivity index (χ0n) is 13.9. The molecule has 0 radical (unpaired) electrons. The van der Waals surface area contributed by atoms with Crippen molar-refractivity contribution < 1.29 is 9.59 Å². The first-order valence-electron chi connectivity index (χ1n) is 8.59. The molecule has 5 heteroatoms. The summed E-state index contributed by atoms with van der Waals surface area (Å²) >= 11 is 0. The van der Waals surface area contributed by atoms with Crippen molar-refractivity contribution >= 4 is 11.8 Å². The zero-order valence-corrected chi connectivity index (χ0v) is 13.9. The average molecular weight is 307 g/mol. The largest absolute Gasteiger partial charge is 0.354 e. The van der Waals surface area contributed by atoms with Gasteiger partial charge in [0.15, 0.2) is 0 Å². The molecule has 0 aromatic carbocycles. The van der Waals surface area contributed by atoms with Crippen molar-refractivity contribution in [3.8, 4) is 0 Å². The van der Waals surface area contributed by atoms with Crippen LogP contribution in [0.1, 0.15) is 46.0 Å². The Morgan fingerprint density at radius 2 is 2.14 bits per heavy atom. The van der Waals surface area contributed by atoms with E-state index in [-0.39, 0.29) is 17.9 Å². The lowest BCUT2D eigenvalue weighted by Gasteiger charge is -2.33. The summed E-state index contributed by atoms with van der Waals surface area (Å²) in [7, 11) is 0. The highest BCUT2D eigenvalue weighted by Crippen LogP contribution is 2.18. The smallest absolute Gasteiger partial charge is 0.249 e. The van der Waals surface area contributed by atoms with Crippen LogP contribution in [0.5, 0.6) is 0 Å². The van der Waals surface area contributed by atoms with E-state index in [4.69, 9.17) is 0 Å². The fourth-order valence-corrected chi connectivity index (χ4v) is 3.34. The second-order valence-electron chi connectivity index (χ2n) is 6.45. The van der Waals surface area contributed by atoms with Crippen molar-refractivity contribution in [2.24, 2.45) is 5.92 Å². The predicted molar refractivity (Wildman–Crippen MR) is 87.4 cm³/mol. The van der Waals surface area contributed by atoms with Crippen LogP contribution in [0.4, 0.5) is 0 Å². The van der Waals surface area contributed by atoms with Crippen molar-refractivity contribution in [2.45, 2.75) is 52.0 Å². The standard InChI is InChI=1S/C17H29N3O2/c1-3-6-13(2)17(22)20-10-5-7-14(12-20)11-19-16(21)15-8-4-9-18-15/h6,14-15,18H,3-5,7-12H2,1-2H3,(H,19,21)/b13-6+/t14-,15+/m1/s1. The Bertz CT molecular complexity index is 428. The van der Waals surface area contributed by atoms with Crippen molar-refractivity contribution in [3.05, 3.63) is 11.6 Å². The number of carbonyl (C=O) groups is 2. The quantitative estimate of drug-likeness (QED) is 0.756. The molecule has 2 rings (SSSR count). The summed E-state index contributed by atoms with van der Waals surface area (Å²) < 4.78 is 0. The topological polar surface area (TPSA) is 61.4 Å². The second kappa shape index (κ2) is 8.32. The molecule has 0 aromatic rings. The molecule has 0 aliphatic carbocycles. The van der Waals surface area contributed by atoms with Crippen LogP contribution >= 0.6 is 0 Å². The maximum atomic E-state index is 12.3. The molecule has 2 amide bonds. The van der Waals surface area contributed by atoms with E-state index in [0.717, 1.165) is 57.3 Å². The number of likely N-dealkylation sites (tertiary alicyclic amines) is 1. The van der Waals surface area contributed by atoms with E-state index in [0.29, 0.717) is 12.5 Å². The number of nitrogens with zero attached hydrogens (tertiary/aromatic N) is 1. The summed E-state index contributed by atoms with van der Waals surface area (Å²) in [6.45, 7) is 7.14. The monoisotopic (exact) mass is 307 g/mol. The lowest BCUT2D eigenvalue weighted by molar-refractivity contribution is -0.128. The summed E-state index contributed by atoms with van der Waals surface area (Å²) in [6.07, 6.45) is 6.99. The molecule has 0 aromatic heterocycles. The second-order valence-corrected chi connectivity index (χ2v) is 6.45. The van der Waals surface area contributed by atoms with Gasteiger partial charge in [0.2, 0.25) is 11.8 Å². The normalized spacial score (nSPS) is 26.1. The van der Waals surface area contributed by atoms with E-state index >= 15 is 0 Å². The predicted octanol–water partition coefficient (Wildman–Crippen LogP) is 1.45. The minimum Gasteiger partial charge on any atom is -0.354 e. The van der Waals surface area contributed by atoms with Gasteiger partial charge in [-0.25, -0.2) is 0 Å². The van der Waals surface area contributed by atoms with Crippen LogP contribution in [-0.4, -0.2) is 48.9 Å². The third-order valence-electron chi connectivity index (χ3n) is 4.60. The number of allylic oxidation sites excluding steroid dienone is 1. The molecule has 2 fully saturated rings. The Morgan fingerprint density at radius 1 is 1.32 bits per heavy atom. The van der Waals surface area contributed by atoms with Gasteiger partial charge < -0.3 is 15.5 Å². The van der Waals surface area contributed by atoms with E-state index in [1.807, 2.05) is 24.8 Å². The summed E-state index contributed by atoms with van der Waals surface area (Å²) in [5.41, 5.74) is 0.836. The molecule has 2 atom stereocenters. The lowest BCUT2D eigenvalue weighted by Crippen LogP contribution is -2.46. The number of hydrogen-bond acceptors (Lipinski definition) is 3. The first-order chi connectivity index (χ1) is 10.6. The van der Waals surface area contributed by atoms with E-state index in [1.165, 1.54) is 0 Å².